The summed E-state index contributed by atoms with van der Waals surface area (Å²) < 4.78 is 5.32. The lowest BCUT2D eigenvalue weighted by Gasteiger charge is -2.27. The molecule has 4 N–H and O–H groups in total. The fourth-order valence-corrected chi connectivity index (χ4v) is 2.92. The number of hydrogen-bond donors (Lipinski definition) is 2. The van der Waals surface area contributed by atoms with Gasteiger partial charge in [-0.2, -0.15) is 0 Å². The summed E-state index contributed by atoms with van der Waals surface area (Å²) in [6.45, 7) is -0.238. The number of nitro groups is 1. The molecule has 0 heterocycles. The van der Waals surface area contributed by atoms with Crippen LogP contribution >= 0.6 is 0 Å². The molecule has 0 unspecified atom stereocenters. The van der Waals surface area contributed by atoms with Gasteiger partial charge >= 0.3 is 5.97 Å². The number of carbonyl (C=O) groups excluding carboxylic acids is 1. The summed E-state index contributed by atoms with van der Waals surface area (Å²) in [6.07, 6.45) is 0. The van der Waals surface area contributed by atoms with Crippen molar-refractivity contribution in [1.29, 1.82) is 0 Å². The molecule has 28 heavy (non-hydrogen) atoms. The van der Waals surface area contributed by atoms with Crippen LogP contribution in [0, 0.1) is 10.1 Å². The molecule has 0 radical (unpaired) electrons. The van der Waals surface area contributed by atoms with Crippen LogP contribution in [-0.2, 0) is 17.0 Å². The number of benzene rings is 3. The van der Waals surface area contributed by atoms with Crippen molar-refractivity contribution in [1.82, 2.24) is 0 Å². The molecule has 0 spiro atoms. The van der Waals surface area contributed by atoms with E-state index in [0.29, 0.717) is 16.7 Å². The number of para-hydroxylation sites is 1. The molecule has 3 aromatic carbocycles. The lowest BCUT2D eigenvalue weighted by atomic mass is 9.89. The first-order valence-corrected chi connectivity index (χ1v) is 8.53. The maximum Gasteiger partial charge on any atom is 0.338 e. The highest BCUT2D eigenvalue weighted by Gasteiger charge is 2.29. The van der Waals surface area contributed by atoms with E-state index < -0.39 is 16.6 Å². The first-order valence-electron chi connectivity index (χ1n) is 8.53. The minimum absolute atomic E-state index is 0.111. The van der Waals surface area contributed by atoms with E-state index in [1.807, 2.05) is 6.07 Å². The molecule has 7 heteroatoms. The van der Waals surface area contributed by atoms with E-state index in [1.54, 1.807) is 60.7 Å². The molecule has 0 amide bonds. The van der Waals surface area contributed by atoms with E-state index >= 15 is 0 Å². The van der Waals surface area contributed by atoms with Crippen LogP contribution in [-0.4, -0.2) is 10.9 Å². The molecule has 3 rings (SSSR count). The Balaban J connectivity index is 1.87. The predicted molar refractivity (Wildman–Crippen MR) is 104 cm³/mol. The number of nitro benzene ring substituents is 1. The molecule has 3 aromatic rings. The van der Waals surface area contributed by atoms with Gasteiger partial charge in [0.05, 0.1) is 16.1 Å². The van der Waals surface area contributed by atoms with Crippen molar-refractivity contribution in [2.24, 2.45) is 11.5 Å². The van der Waals surface area contributed by atoms with E-state index in [0.717, 1.165) is 0 Å². The van der Waals surface area contributed by atoms with Crippen molar-refractivity contribution in [3.05, 3.63) is 111 Å². The maximum atomic E-state index is 12.7. The Bertz CT molecular complexity index is 1000. The lowest BCUT2D eigenvalue weighted by molar-refractivity contribution is -0.385. The van der Waals surface area contributed by atoms with Gasteiger partial charge in [0.15, 0.2) is 0 Å². The van der Waals surface area contributed by atoms with Gasteiger partial charge in [0, 0.05) is 11.6 Å². The van der Waals surface area contributed by atoms with Crippen LogP contribution in [0.3, 0.4) is 0 Å². The van der Waals surface area contributed by atoms with Gasteiger partial charge in [-0.05, 0) is 17.7 Å². The van der Waals surface area contributed by atoms with Gasteiger partial charge in [-0.15, -0.1) is 0 Å². The largest absolute Gasteiger partial charge is 0.457 e. The number of carbonyl (C=O) groups is 1. The Morgan fingerprint density at radius 3 is 2.25 bits per heavy atom. The summed E-state index contributed by atoms with van der Waals surface area (Å²) in [5.74, 6) is -0.662. The fraction of sp³-hybridized carbons (Fsp3) is 0.0952. The maximum absolute atomic E-state index is 12.7. The second-order valence-electron chi connectivity index (χ2n) is 6.24. The number of esters is 1. The predicted octanol–water partition coefficient (Wildman–Crippen LogP) is 3.07. The van der Waals surface area contributed by atoms with E-state index in [4.69, 9.17) is 16.2 Å². The molecular weight excluding hydrogens is 358 g/mol. The summed E-state index contributed by atoms with van der Waals surface area (Å²) in [7, 11) is 0. The number of rotatable bonds is 6. The first-order chi connectivity index (χ1) is 13.4. The molecule has 0 aliphatic rings. The summed E-state index contributed by atoms with van der Waals surface area (Å²) in [6, 6.07) is 21.7. The molecule has 0 saturated heterocycles. The Hall–Kier alpha value is -3.55. The van der Waals surface area contributed by atoms with Crippen molar-refractivity contribution in [2.75, 3.05) is 0 Å². The zero-order valence-corrected chi connectivity index (χ0v) is 14.9. The van der Waals surface area contributed by atoms with Crippen LogP contribution in [0.1, 0.15) is 27.0 Å². The number of hydrogen-bond acceptors (Lipinski definition) is 6. The van der Waals surface area contributed by atoms with Crippen LogP contribution in [0.4, 0.5) is 5.69 Å². The van der Waals surface area contributed by atoms with Gasteiger partial charge in [-0.3, -0.25) is 10.1 Å². The molecule has 0 aliphatic carbocycles. The summed E-state index contributed by atoms with van der Waals surface area (Å²) in [5.41, 5.74) is 12.7. The Kier molecular flexibility index (Phi) is 5.49. The van der Waals surface area contributed by atoms with E-state index in [1.165, 1.54) is 12.1 Å². The summed E-state index contributed by atoms with van der Waals surface area (Å²) >= 11 is 0. The zero-order valence-electron chi connectivity index (χ0n) is 14.9. The molecule has 0 fully saturated rings. The minimum Gasteiger partial charge on any atom is -0.457 e. The van der Waals surface area contributed by atoms with Gasteiger partial charge in [0.2, 0.25) is 0 Å². The van der Waals surface area contributed by atoms with Crippen molar-refractivity contribution in [3.8, 4) is 0 Å². The number of nitrogens with two attached hydrogens (primary N) is 2. The Morgan fingerprint density at radius 1 is 0.929 bits per heavy atom. The molecule has 0 aliphatic heterocycles. The fourth-order valence-electron chi connectivity index (χ4n) is 2.92. The highest BCUT2D eigenvalue weighted by molar-refractivity contribution is 5.91. The molecule has 142 valence electrons. The van der Waals surface area contributed by atoms with Crippen LogP contribution in [0.15, 0.2) is 78.9 Å². The van der Waals surface area contributed by atoms with Crippen LogP contribution in [0.25, 0.3) is 0 Å². The second-order valence-corrected chi connectivity index (χ2v) is 6.24. The quantitative estimate of drug-likeness (QED) is 0.295. The molecule has 0 bridgehead atoms. The van der Waals surface area contributed by atoms with Crippen molar-refractivity contribution in [3.63, 3.8) is 0 Å². The highest BCUT2D eigenvalue weighted by Crippen LogP contribution is 2.26. The third-order valence-electron chi connectivity index (χ3n) is 4.39. The minimum atomic E-state index is -1.41. The standard InChI is InChI=1S/C21H19N3O4/c22-21(23,16-9-2-1-3-10-16)18-12-6-5-11-17(18)20(25)28-14-15-8-4-7-13-19(15)24(26)27/h1-13H,14,22-23H2. The van der Waals surface area contributed by atoms with E-state index in [2.05, 4.69) is 0 Å². The van der Waals surface area contributed by atoms with Crippen LogP contribution < -0.4 is 11.5 Å². The van der Waals surface area contributed by atoms with Crippen molar-refractivity contribution in [2.45, 2.75) is 12.3 Å². The SMILES string of the molecule is NC(N)(c1ccccc1)c1ccccc1C(=O)OCc1ccccc1[N+](=O)[O-]. The molecule has 0 saturated carbocycles. The Labute approximate surface area is 161 Å². The van der Waals surface area contributed by atoms with Gasteiger partial charge < -0.3 is 16.2 Å². The third kappa shape index (κ3) is 3.90. The molecule has 7 nitrogen and oxygen atoms in total. The van der Waals surface area contributed by atoms with Crippen LogP contribution in [0.5, 0.6) is 0 Å². The van der Waals surface area contributed by atoms with E-state index in [-0.39, 0.29) is 17.9 Å². The van der Waals surface area contributed by atoms with Crippen LogP contribution in [0.2, 0.25) is 0 Å². The van der Waals surface area contributed by atoms with Gasteiger partial charge in [-0.1, -0.05) is 60.7 Å². The Morgan fingerprint density at radius 2 is 1.54 bits per heavy atom. The zero-order chi connectivity index (χ0) is 20.1. The smallest absolute Gasteiger partial charge is 0.338 e. The van der Waals surface area contributed by atoms with Gasteiger partial charge in [0.1, 0.15) is 12.3 Å². The average Bonchev–Trinajstić information content (AvgIpc) is 2.72. The normalized spacial score (nSPS) is 11.1. The number of ether oxygens (including phenoxy) is 1. The number of nitrogens with zero attached hydrogens (tertiary/aromatic N) is 1. The topological polar surface area (TPSA) is 121 Å². The second kappa shape index (κ2) is 7.99. The monoisotopic (exact) mass is 377 g/mol. The van der Waals surface area contributed by atoms with Crippen molar-refractivity contribution >= 4 is 11.7 Å². The lowest BCUT2D eigenvalue weighted by Crippen LogP contribution is -2.48. The first kappa shape index (κ1) is 19.2. The molecule has 0 aromatic heterocycles. The third-order valence-corrected chi connectivity index (χ3v) is 4.39. The van der Waals surface area contributed by atoms with Gasteiger partial charge in [-0.25, -0.2) is 4.79 Å². The molecular formula is C21H19N3O4. The highest BCUT2D eigenvalue weighted by atomic mass is 16.6. The molecule has 0 atom stereocenters. The van der Waals surface area contributed by atoms with Crippen molar-refractivity contribution < 1.29 is 14.5 Å². The average molecular weight is 377 g/mol. The van der Waals surface area contributed by atoms with E-state index in [9.17, 15) is 14.9 Å². The van der Waals surface area contributed by atoms with Gasteiger partial charge in [0.25, 0.3) is 5.69 Å². The summed E-state index contributed by atoms with van der Waals surface area (Å²) in [5, 5.41) is 11.1. The summed E-state index contributed by atoms with van der Waals surface area (Å²) in [4.78, 5) is 23.3.